The molecule has 1 aromatic carbocycles. The molecule has 1 aromatic rings. The molecular formula is C11H10O6. The average Bonchev–Trinajstić information content (AvgIpc) is 2.66. The quantitative estimate of drug-likeness (QED) is 0.791. The van der Waals surface area contributed by atoms with Gasteiger partial charge in [0, 0.05) is 11.6 Å². The summed E-state index contributed by atoms with van der Waals surface area (Å²) in [6.45, 7) is 0. The van der Waals surface area contributed by atoms with E-state index >= 15 is 0 Å². The van der Waals surface area contributed by atoms with Gasteiger partial charge in [0.25, 0.3) is 0 Å². The van der Waals surface area contributed by atoms with Crippen LogP contribution in [0.25, 0.3) is 0 Å². The molecule has 0 aromatic heterocycles. The number of methoxy groups -OCH3 is 2. The van der Waals surface area contributed by atoms with Crippen LogP contribution in [0.5, 0.6) is 11.5 Å². The maximum absolute atomic E-state index is 11.6. The van der Waals surface area contributed by atoms with Crippen LogP contribution in [0.2, 0.25) is 0 Å². The molecule has 1 heterocycles. The molecule has 0 spiro atoms. The minimum atomic E-state index is -1.30. The minimum absolute atomic E-state index is 0.140. The molecule has 1 aliphatic heterocycles. The summed E-state index contributed by atoms with van der Waals surface area (Å²) >= 11 is 0. The minimum Gasteiger partial charge on any atom is -0.497 e. The highest BCUT2D eigenvalue weighted by Crippen LogP contribution is 2.39. The first-order valence-electron chi connectivity index (χ1n) is 4.78. The maximum atomic E-state index is 11.6. The zero-order valence-corrected chi connectivity index (χ0v) is 9.22. The Bertz CT molecular complexity index is 493. The van der Waals surface area contributed by atoms with E-state index in [4.69, 9.17) is 19.3 Å². The van der Waals surface area contributed by atoms with E-state index < -0.39 is 18.0 Å². The first-order chi connectivity index (χ1) is 8.08. The lowest BCUT2D eigenvalue weighted by molar-refractivity contribution is -0.146. The Kier molecular flexibility index (Phi) is 2.63. The topological polar surface area (TPSA) is 82.1 Å². The third-order valence-electron chi connectivity index (χ3n) is 2.50. The van der Waals surface area contributed by atoms with E-state index in [-0.39, 0.29) is 16.9 Å². The van der Waals surface area contributed by atoms with Crippen molar-refractivity contribution in [1.82, 2.24) is 0 Å². The van der Waals surface area contributed by atoms with Crippen LogP contribution in [0.15, 0.2) is 12.1 Å². The van der Waals surface area contributed by atoms with Gasteiger partial charge in [-0.1, -0.05) is 0 Å². The summed E-state index contributed by atoms with van der Waals surface area (Å²) in [5.41, 5.74) is 0.388. The van der Waals surface area contributed by atoms with E-state index in [1.807, 2.05) is 0 Å². The van der Waals surface area contributed by atoms with E-state index in [0.717, 1.165) is 0 Å². The molecule has 0 bridgehead atoms. The molecule has 2 rings (SSSR count). The van der Waals surface area contributed by atoms with Gasteiger partial charge >= 0.3 is 11.9 Å². The molecule has 0 fully saturated rings. The number of carbonyl (C=O) groups is 2. The van der Waals surface area contributed by atoms with Gasteiger partial charge in [-0.15, -0.1) is 0 Å². The molecule has 1 aliphatic rings. The third-order valence-corrected chi connectivity index (χ3v) is 2.50. The number of hydrogen-bond donors (Lipinski definition) is 1. The van der Waals surface area contributed by atoms with Gasteiger partial charge in [-0.25, -0.2) is 9.59 Å². The number of benzene rings is 1. The van der Waals surface area contributed by atoms with Gasteiger partial charge in [0.05, 0.1) is 14.2 Å². The predicted molar refractivity (Wildman–Crippen MR) is 55.3 cm³/mol. The van der Waals surface area contributed by atoms with Crippen molar-refractivity contribution >= 4 is 11.9 Å². The fraction of sp³-hybridized carbons (Fsp3) is 0.273. The van der Waals surface area contributed by atoms with Crippen LogP contribution in [-0.4, -0.2) is 31.3 Å². The van der Waals surface area contributed by atoms with E-state index in [2.05, 4.69) is 0 Å². The lowest BCUT2D eigenvalue weighted by Crippen LogP contribution is -2.10. The van der Waals surface area contributed by atoms with Gasteiger partial charge in [0.1, 0.15) is 17.1 Å². The fourth-order valence-corrected chi connectivity index (χ4v) is 1.73. The van der Waals surface area contributed by atoms with Crippen molar-refractivity contribution in [2.24, 2.45) is 0 Å². The molecule has 6 heteroatoms. The van der Waals surface area contributed by atoms with Crippen molar-refractivity contribution in [2.45, 2.75) is 6.10 Å². The third kappa shape index (κ3) is 1.67. The van der Waals surface area contributed by atoms with Gasteiger partial charge in [0.2, 0.25) is 6.10 Å². The fourth-order valence-electron chi connectivity index (χ4n) is 1.73. The lowest BCUT2D eigenvalue weighted by Gasteiger charge is -2.08. The summed E-state index contributed by atoms with van der Waals surface area (Å²) in [7, 11) is 2.82. The standard InChI is InChI=1S/C11H10O6/c1-15-5-3-6-8(7(4-5)16-2)11(14)17-9(6)10(12)13/h3-4,9H,1-2H3,(H,12,13). The zero-order valence-electron chi connectivity index (χ0n) is 9.22. The van der Waals surface area contributed by atoms with Crippen LogP contribution in [0.4, 0.5) is 0 Å². The van der Waals surface area contributed by atoms with Crippen LogP contribution in [-0.2, 0) is 9.53 Å². The number of carboxylic acids is 1. The van der Waals surface area contributed by atoms with Crippen molar-refractivity contribution in [3.63, 3.8) is 0 Å². The number of ether oxygens (including phenoxy) is 3. The first-order valence-corrected chi connectivity index (χ1v) is 4.78. The van der Waals surface area contributed by atoms with Crippen LogP contribution in [0.3, 0.4) is 0 Å². The van der Waals surface area contributed by atoms with Gasteiger partial charge in [-0.3, -0.25) is 0 Å². The number of fused-ring (bicyclic) bond motifs is 1. The largest absolute Gasteiger partial charge is 0.497 e. The first kappa shape index (κ1) is 11.3. The van der Waals surface area contributed by atoms with Gasteiger partial charge in [0.15, 0.2) is 0 Å². The molecule has 0 saturated carbocycles. The smallest absolute Gasteiger partial charge is 0.349 e. The summed E-state index contributed by atoms with van der Waals surface area (Å²) in [6.07, 6.45) is -1.30. The number of rotatable bonds is 3. The van der Waals surface area contributed by atoms with Crippen LogP contribution in [0, 0.1) is 0 Å². The summed E-state index contributed by atoms with van der Waals surface area (Å²) in [6, 6.07) is 2.96. The van der Waals surface area contributed by atoms with Crippen LogP contribution < -0.4 is 9.47 Å². The summed E-state index contributed by atoms with van der Waals surface area (Å²) < 4.78 is 14.8. The van der Waals surface area contributed by atoms with Crippen LogP contribution in [0.1, 0.15) is 22.0 Å². The van der Waals surface area contributed by atoms with Gasteiger partial charge < -0.3 is 19.3 Å². The summed E-state index contributed by atoms with van der Waals surface area (Å²) in [4.78, 5) is 22.5. The predicted octanol–water partition coefficient (Wildman–Crippen LogP) is 1.000. The number of carbonyl (C=O) groups excluding carboxylic acids is 1. The molecule has 0 radical (unpaired) electrons. The molecule has 1 N–H and O–H groups in total. The molecule has 6 nitrogen and oxygen atoms in total. The molecule has 1 unspecified atom stereocenters. The molecule has 1 atom stereocenters. The number of aliphatic carboxylic acids is 1. The normalized spacial score (nSPS) is 17.3. The highest BCUT2D eigenvalue weighted by molar-refractivity contribution is 6.01. The second-order valence-electron chi connectivity index (χ2n) is 3.42. The van der Waals surface area contributed by atoms with Crippen LogP contribution >= 0.6 is 0 Å². The SMILES string of the molecule is COc1cc(OC)c2c(c1)C(C(=O)O)OC2=O. The molecule has 0 saturated heterocycles. The highest BCUT2D eigenvalue weighted by Gasteiger charge is 2.39. The molecule has 0 aliphatic carbocycles. The van der Waals surface area contributed by atoms with Crippen molar-refractivity contribution in [3.8, 4) is 11.5 Å². The Morgan fingerprint density at radius 2 is 2.06 bits per heavy atom. The summed E-state index contributed by atoms with van der Waals surface area (Å²) in [5, 5.41) is 8.95. The number of esters is 1. The Morgan fingerprint density at radius 1 is 1.35 bits per heavy atom. The molecule has 0 amide bonds. The average molecular weight is 238 g/mol. The highest BCUT2D eigenvalue weighted by atomic mass is 16.6. The Hall–Kier alpha value is -2.24. The second kappa shape index (κ2) is 3.97. The van der Waals surface area contributed by atoms with E-state index in [0.29, 0.717) is 5.75 Å². The van der Waals surface area contributed by atoms with Crippen molar-refractivity contribution < 1.29 is 28.9 Å². The number of cyclic esters (lactones) is 1. The van der Waals surface area contributed by atoms with Crippen molar-refractivity contribution in [3.05, 3.63) is 23.3 Å². The van der Waals surface area contributed by atoms with Crippen molar-refractivity contribution in [2.75, 3.05) is 14.2 Å². The van der Waals surface area contributed by atoms with E-state index in [9.17, 15) is 9.59 Å². The molecule has 17 heavy (non-hydrogen) atoms. The Labute approximate surface area is 96.7 Å². The Morgan fingerprint density at radius 3 is 2.59 bits per heavy atom. The maximum Gasteiger partial charge on any atom is 0.349 e. The van der Waals surface area contributed by atoms with E-state index in [1.54, 1.807) is 0 Å². The summed E-state index contributed by atoms with van der Waals surface area (Å²) in [5.74, 6) is -1.28. The number of carboxylic acid groups (broad SMARTS) is 1. The zero-order chi connectivity index (χ0) is 12.6. The van der Waals surface area contributed by atoms with Gasteiger partial charge in [-0.2, -0.15) is 0 Å². The Balaban J connectivity index is 2.63. The lowest BCUT2D eigenvalue weighted by atomic mass is 10.0. The number of hydrogen-bond acceptors (Lipinski definition) is 5. The van der Waals surface area contributed by atoms with E-state index in [1.165, 1.54) is 26.4 Å². The van der Waals surface area contributed by atoms with Gasteiger partial charge in [-0.05, 0) is 6.07 Å². The second-order valence-corrected chi connectivity index (χ2v) is 3.42. The molecule has 90 valence electrons. The van der Waals surface area contributed by atoms with Crippen molar-refractivity contribution in [1.29, 1.82) is 0 Å². The monoisotopic (exact) mass is 238 g/mol. The molecular weight excluding hydrogens is 228 g/mol.